The fourth-order valence-electron chi connectivity index (χ4n) is 10.2. The molecule has 0 aromatic heterocycles. The maximum absolute atomic E-state index is 13.2. The number of allylic oxidation sites excluding steroid dienone is 6. The van der Waals surface area contributed by atoms with E-state index in [2.05, 4.69) is 57.2 Å². The summed E-state index contributed by atoms with van der Waals surface area (Å²) in [7, 11) is 0. The average molecular weight is 1120 g/mol. The number of ether oxygens (including phenoxy) is 5. The Hall–Kier alpha value is -3.06. The molecule has 6 unspecified atom stereocenters. The van der Waals surface area contributed by atoms with Gasteiger partial charge in [-0.1, -0.05) is 282 Å². The van der Waals surface area contributed by atoms with Gasteiger partial charge < -0.3 is 39.0 Å². The summed E-state index contributed by atoms with van der Waals surface area (Å²) in [6.45, 7) is 5.93. The predicted molar refractivity (Wildman–Crippen MR) is 322 cm³/mol. The van der Waals surface area contributed by atoms with Crippen LogP contribution in [-0.2, 0) is 42.9 Å². The average Bonchev–Trinajstić information content (AvgIpc) is 3.46. The van der Waals surface area contributed by atoms with Crippen LogP contribution in [0, 0.1) is 0 Å². The third-order valence-corrected chi connectivity index (χ3v) is 15.2. The molecule has 1 aliphatic heterocycles. The molecule has 3 N–H and O–H groups in total. The van der Waals surface area contributed by atoms with Crippen molar-refractivity contribution >= 4 is 23.9 Å². The molecular weight excluding hydrogens is 997 g/mol. The number of aliphatic hydroxyl groups excluding tert-OH is 2. The summed E-state index contributed by atoms with van der Waals surface area (Å²) in [5.41, 5.74) is 0. The zero-order valence-electron chi connectivity index (χ0n) is 50.9. The molecule has 1 heterocycles. The first-order valence-corrected chi connectivity index (χ1v) is 33.0. The lowest BCUT2D eigenvalue weighted by Gasteiger charge is -2.40. The van der Waals surface area contributed by atoms with E-state index in [0.717, 1.165) is 89.9 Å². The number of carboxylic acids is 1. The van der Waals surface area contributed by atoms with Crippen LogP contribution in [-0.4, -0.2) is 89.2 Å². The van der Waals surface area contributed by atoms with Gasteiger partial charge in [0.1, 0.15) is 18.8 Å². The highest BCUT2D eigenvalue weighted by atomic mass is 16.7. The van der Waals surface area contributed by atoms with Gasteiger partial charge in [0.05, 0.1) is 6.61 Å². The molecule has 0 saturated carbocycles. The summed E-state index contributed by atoms with van der Waals surface area (Å²) in [6, 6.07) is 0. The lowest BCUT2D eigenvalue weighted by Crippen LogP contribution is -2.61. The highest BCUT2D eigenvalue weighted by Gasteiger charge is 2.50. The Morgan fingerprint density at radius 2 is 0.797 bits per heavy atom. The third kappa shape index (κ3) is 45.2. The normalized spacial score (nSPS) is 18.0. The van der Waals surface area contributed by atoms with Crippen LogP contribution in [0.5, 0.6) is 0 Å². The van der Waals surface area contributed by atoms with Gasteiger partial charge in [0.2, 0.25) is 0 Å². The summed E-state index contributed by atoms with van der Waals surface area (Å²) < 4.78 is 28.5. The van der Waals surface area contributed by atoms with E-state index in [9.17, 15) is 34.5 Å². The zero-order valence-corrected chi connectivity index (χ0v) is 50.9. The number of aliphatic carboxylic acids is 1. The number of hydrogen-bond donors (Lipinski definition) is 3. The van der Waals surface area contributed by atoms with Gasteiger partial charge in [-0.2, -0.15) is 0 Å². The van der Waals surface area contributed by atoms with E-state index in [1.807, 2.05) is 0 Å². The molecule has 0 radical (unpaired) electrons. The quantitative estimate of drug-likeness (QED) is 0.0228. The van der Waals surface area contributed by atoms with Crippen molar-refractivity contribution in [1.82, 2.24) is 0 Å². The van der Waals surface area contributed by atoms with Crippen molar-refractivity contribution in [2.24, 2.45) is 0 Å². The summed E-state index contributed by atoms with van der Waals surface area (Å²) >= 11 is 0. The molecule has 1 fully saturated rings. The van der Waals surface area contributed by atoms with Crippen molar-refractivity contribution < 1.29 is 58.2 Å². The second kappa shape index (κ2) is 55.5. The molecule has 0 bridgehead atoms. The minimum atomic E-state index is -1.90. The molecule has 0 amide bonds. The number of rotatable bonds is 57. The minimum absolute atomic E-state index is 0.0654. The monoisotopic (exact) mass is 1120 g/mol. The first-order valence-electron chi connectivity index (χ1n) is 33.0. The predicted octanol–water partition coefficient (Wildman–Crippen LogP) is 17.6. The molecule has 0 spiro atoms. The summed E-state index contributed by atoms with van der Waals surface area (Å²) in [4.78, 5) is 51.3. The maximum Gasteiger partial charge on any atom is 0.335 e. The second-order valence-corrected chi connectivity index (χ2v) is 22.7. The molecule has 1 aliphatic rings. The van der Waals surface area contributed by atoms with Crippen LogP contribution in [0.3, 0.4) is 0 Å². The SMILES string of the molecule is CC/C=C\C/C=C\C/C=C\CCCCCCCC(=O)OCC(COC1OC(C(=O)O)C(O)C(O)C1OC(=O)CCCCCCCCCCCCCCCCCCCCC)OC(=O)CCCCCCCCCCCCCCCCC. The Kier molecular flexibility index (Phi) is 51.9. The molecule has 1 rings (SSSR count). The van der Waals surface area contributed by atoms with Crippen LogP contribution in [0.4, 0.5) is 0 Å². The molecular formula is C67H120O12. The van der Waals surface area contributed by atoms with Crippen molar-refractivity contribution in [1.29, 1.82) is 0 Å². The van der Waals surface area contributed by atoms with Crippen molar-refractivity contribution in [2.75, 3.05) is 13.2 Å². The Morgan fingerprint density at radius 3 is 1.22 bits per heavy atom. The molecule has 0 aliphatic carbocycles. The highest BCUT2D eigenvalue weighted by Crippen LogP contribution is 2.27. The van der Waals surface area contributed by atoms with E-state index >= 15 is 0 Å². The number of carbonyl (C=O) groups excluding carboxylic acids is 3. The summed E-state index contributed by atoms with van der Waals surface area (Å²) in [5, 5.41) is 31.6. The van der Waals surface area contributed by atoms with Crippen molar-refractivity contribution in [3.63, 3.8) is 0 Å². The van der Waals surface area contributed by atoms with E-state index in [0.29, 0.717) is 19.3 Å². The molecule has 79 heavy (non-hydrogen) atoms. The number of esters is 3. The number of aliphatic hydroxyl groups is 2. The van der Waals surface area contributed by atoms with Gasteiger partial charge in [-0.3, -0.25) is 14.4 Å². The maximum atomic E-state index is 13.2. The zero-order chi connectivity index (χ0) is 57.5. The fraction of sp³-hybridized carbons (Fsp3) is 0.851. The second-order valence-electron chi connectivity index (χ2n) is 22.7. The summed E-state index contributed by atoms with van der Waals surface area (Å²) in [6.07, 6.45) is 53.9. The lowest BCUT2D eigenvalue weighted by molar-refractivity contribution is -0.301. The Morgan fingerprint density at radius 1 is 0.430 bits per heavy atom. The van der Waals surface area contributed by atoms with Crippen LogP contribution in [0.15, 0.2) is 36.5 Å². The molecule has 0 aromatic rings. The van der Waals surface area contributed by atoms with Crippen LogP contribution < -0.4 is 0 Å². The first kappa shape index (κ1) is 74.0. The number of hydrogen-bond acceptors (Lipinski definition) is 11. The highest BCUT2D eigenvalue weighted by molar-refractivity contribution is 5.74. The Bertz CT molecular complexity index is 1510. The van der Waals surface area contributed by atoms with Gasteiger partial charge in [0.15, 0.2) is 24.6 Å². The van der Waals surface area contributed by atoms with Crippen molar-refractivity contribution in [3.05, 3.63) is 36.5 Å². The minimum Gasteiger partial charge on any atom is -0.479 e. The van der Waals surface area contributed by atoms with E-state index in [4.69, 9.17) is 23.7 Å². The standard InChI is InChI=1S/C67H120O12/c1-4-7-10-13-16-19-22-25-28-29-30-31-34-37-40-43-46-49-52-55-61(70)78-65-63(72)62(71)64(66(73)74)79-67(65)76-57-58(77-60(69)54-51-48-45-42-39-36-33-27-24-21-18-15-12-9-6-3)56-75-59(68)53-50-47-44-41-38-35-32-26-23-20-17-14-11-8-5-2/h8,11,17,20,26,32,58,62-65,67,71-72H,4-7,9-10,12-16,18-19,21-25,27-31,33-57H2,1-3H3,(H,73,74)/b11-8-,20-17-,32-26-. The van der Waals surface area contributed by atoms with Gasteiger partial charge >= 0.3 is 23.9 Å². The van der Waals surface area contributed by atoms with Gasteiger partial charge in [-0.25, -0.2) is 4.79 Å². The van der Waals surface area contributed by atoms with Gasteiger partial charge in [-0.05, 0) is 51.4 Å². The van der Waals surface area contributed by atoms with E-state index < -0.39 is 67.3 Å². The summed E-state index contributed by atoms with van der Waals surface area (Å²) in [5.74, 6) is -3.10. The molecule has 1 saturated heterocycles. The van der Waals surface area contributed by atoms with Crippen molar-refractivity contribution in [3.8, 4) is 0 Å². The van der Waals surface area contributed by atoms with E-state index in [-0.39, 0.29) is 25.9 Å². The van der Waals surface area contributed by atoms with Crippen molar-refractivity contribution in [2.45, 2.75) is 353 Å². The van der Waals surface area contributed by atoms with Gasteiger partial charge in [0, 0.05) is 19.3 Å². The number of carbonyl (C=O) groups is 4. The molecule has 460 valence electrons. The molecule has 6 atom stereocenters. The van der Waals surface area contributed by atoms with Crippen LogP contribution in [0.2, 0.25) is 0 Å². The number of unbranched alkanes of at least 4 members (excludes halogenated alkanes) is 37. The first-order chi connectivity index (χ1) is 38.6. The fourth-order valence-corrected chi connectivity index (χ4v) is 10.2. The largest absolute Gasteiger partial charge is 0.479 e. The van der Waals surface area contributed by atoms with Gasteiger partial charge in [0.25, 0.3) is 0 Å². The third-order valence-electron chi connectivity index (χ3n) is 15.2. The van der Waals surface area contributed by atoms with Gasteiger partial charge in [-0.15, -0.1) is 0 Å². The molecule has 0 aromatic carbocycles. The van der Waals surface area contributed by atoms with Crippen LogP contribution in [0.25, 0.3) is 0 Å². The van der Waals surface area contributed by atoms with Crippen LogP contribution in [0.1, 0.15) is 316 Å². The smallest absolute Gasteiger partial charge is 0.335 e. The Labute approximate surface area is 482 Å². The van der Waals surface area contributed by atoms with Crippen LogP contribution >= 0.6 is 0 Å². The molecule has 12 nitrogen and oxygen atoms in total. The lowest BCUT2D eigenvalue weighted by atomic mass is 9.98. The molecule has 12 heteroatoms. The van der Waals surface area contributed by atoms with E-state index in [1.165, 1.54) is 167 Å². The topological polar surface area (TPSA) is 175 Å². The number of carboxylic acid groups (broad SMARTS) is 1. The van der Waals surface area contributed by atoms with E-state index in [1.54, 1.807) is 0 Å². The Balaban J connectivity index is 2.63.